The molecule has 2 nitrogen and oxygen atoms in total. The molecule has 0 amide bonds. The van der Waals surface area contributed by atoms with Crippen molar-refractivity contribution in [3.05, 3.63) is 17.5 Å². The topological polar surface area (TPSA) is 25.8 Å². The first-order valence-electron chi connectivity index (χ1n) is 5.16. The lowest BCUT2D eigenvalue weighted by atomic mass is 9.81. The van der Waals surface area contributed by atoms with Crippen LogP contribution in [-0.2, 0) is 6.42 Å². The van der Waals surface area contributed by atoms with E-state index in [0.29, 0.717) is 0 Å². The first-order chi connectivity index (χ1) is 6.79. The summed E-state index contributed by atoms with van der Waals surface area (Å²) in [5, 5.41) is 0.907. The van der Waals surface area contributed by atoms with Crippen LogP contribution in [0.4, 0.5) is 0 Å². The summed E-state index contributed by atoms with van der Waals surface area (Å²) in [6.45, 7) is 2.11. The van der Waals surface area contributed by atoms with E-state index in [9.17, 15) is 0 Å². The average Bonchev–Trinajstić information content (AvgIpc) is 2.14. The number of nitrogens with zero attached hydrogens (tertiary/aromatic N) is 2. The molecule has 3 heteroatoms. The van der Waals surface area contributed by atoms with Crippen LogP contribution in [0.2, 0.25) is 0 Å². The lowest BCUT2D eigenvalue weighted by molar-refractivity contribution is 0.311. The van der Waals surface area contributed by atoms with Gasteiger partial charge in [0.25, 0.3) is 0 Å². The molecule has 0 atom stereocenters. The van der Waals surface area contributed by atoms with E-state index in [1.54, 1.807) is 11.8 Å². The van der Waals surface area contributed by atoms with Crippen LogP contribution < -0.4 is 0 Å². The fraction of sp³-hybridized carbons (Fsp3) is 0.636. The molecule has 1 aromatic heterocycles. The summed E-state index contributed by atoms with van der Waals surface area (Å²) in [7, 11) is 0. The van der Waals surface area contributed by atoms with Crippen molar-refractivity contribution in [2.75, 3.05) is 6.26 Å². The molecule has 1 aliphatic carbocycles. The maximum Gasteiger partial charge on any atom is 0.187 e. The molecule has 0 N–H and O–H groups in total. The molecule has 0 aromatic carbocycles. The van der Waals surface area contributed by atoms with Crippen molar-refractivity contribution in [2.24, 2.45) is 5.92 Å². The van der Waals surface area contributed by atoms with Gasteiger partial charge in [0.1, 0.15) is 0 Å². The van der Waals surface area contributed by atoms with E-state index < -0.39 is 0 Å². The van der Waals surface area contributed by atoms with Crippen LogP contribution in [0.3, 0.4) is 0 Å². The lowest BCUT2D eigenvalue weighted by Gasteiger charge is -2.25. The predicted molar refractivity (Wildman–Crippen MR) is 59.6 cm³/mol. The molecule has 1 aliphatic rings. The number of thioether (sulfide) groups is 1. The SMILES string of the molecule is CSc1ncc(C)c(CC2CCC2)n1. The number of hydrogen-bond acceptors (Lipinski definition) is 3. The molecule has 76 valence electrons. The minimum absolute atomic E-state index is 0.887. The molecule has 14 heavy (non-hydrogen) atoms. The minimum Gasteiger partial charge on any atom is -0.231 e. The fourth-order valence-corrected chi connectivity index (χ4v) is 2.09. The summed E-state index contributed by atoms with van der Waals surface area (Å²) in [6.07, 6.45) is 9.31. The zero-order valence-electron chi connectivity index (χ0n) is 8.79. The maximum atomic E-state index is 4.56. The highest BCUT2D eigenvalue weighted by Gasteiger charge is 2.19. The summed E-state index contributed by atoms with van der Waals surface area (Å²) < 4.78 is 0. The van der Waals surface area contributed by atoms with E-state index >= 15 is 0 Å². The Morgan fingerprint density at radius 3 is 2.86 bits per heavy atom. The van der Waals surface area contributed by atoms with E-state index in [1.807, 2.05) is 12.5 Å². The Hall–Kier alpha value is -0.570. The van der Waals surface area contributed by atoms with Crippen molar-refractivity contribution < 1.29 is 0 Å². The van der Waals surface area contributed by atoms with Gasteiger partial charge < -0.3 is 0 Å². The van der Waals surface area contributed by atoms with Crippen LogP contribution in [0.15, 0.2) is 11.4 Å². The van der Waals surface area contributed by atoms with Crippen LogP contribution in [0.5, 0.6) is 0 Å². The molecule has 0 unspecified atom stereocenters. The van der Waals surface area contributed by atoms with Crippen LogP contribution in [-0.4, -0.2) is 16.2 Å². The van der Waals surface area contributed by atoms with E-state index in [1.165, 1.54) is 30.5 Å². The van der Waals surface area contributed by atoms with Crippen LogP contribution >= 0.6 is 11.8 Å². The van der Waals surface area contributed by atoms with Gasteiger partial charge in [-0.1, -0.05) is 31.0 Å². The Balaban J connectivity index is 2.13. The van der Waals surface area contributed by atoms with Gasteiger partial charge in [-0.05, 0) is 31.1 Å². The number of aryl methyl sites for hydroxylation is 1. The minimum atomic E-state index is 0.887. The van der Waals surface area contributed by atoms with Crippen molar-refractivity contribution >= 4 is 11.8 Å². The molecule has 0 bridgehead atoms. The first-order valence-corrected chi connectivity index (χ1v) is 6.38. The molecule has 0 saturated heterocycles. The molecule has 1 fully saturated rings. The zero-order valence-corrected chi connectivity index (χ0v) is 9.60. The molecular weight excluding hydrogens is 192 g/mol. The monoisotopic (exact) mass is 208 g/mol. The molecule has 1 aromatic rings. The van der Waals surface area contributed by atoms with Crippen LogP contribution in [0.25, 0.3) is 0 Å². The van der Waals surface area contributed by atoms with Crippen LogP contribution in [0, 0.1) is 12.8 Å². The second kappa shape index (κ2) is 4.30. The highest BCUT2D eigenvalue weighted by molar-refractivity contribution is 7.98. The van der Waals surface area contributed by atoms with Crippen LogP contribution in [0.1, 0.15) is 30.5 Å². The van der Waals surface area contributed by atoms with Gasteiger partial charge in [0, 0.05) is 11.9 Å². The van der Waals surface area contributed by atoms with Crippen molar-refractivity contribution in [3.8, 4) is 0 Å². The number of aromatic nitrogens is 2. The Morgan fingerprint density at radius 1 is 1.50 bits per heavy atom. The van der Waals surface area contributed by atoms with Crippen molar-refractivity contribution in [1.29, 1.82) is 0 Å². The number of hydrogen-bond donors (Lipinski definition) is 0. The standard InChI is InChI=1S/C11H16N2S/c1-8-7-12-11(14-2)13-10(8)6-9-4-3-5-9/h7,9H,3-6H2,1-2H3. The highest BCUT2D eigenvalue weighted by Crippen LogP contribution is 2.30. The smallest absolute Gasteiger partial charge is 0.187 e. The van der Waals surface area contributed by atoms with E-state index in [0.717, 1.165) is 17.5 Å². The average molecular weight is 208 g/mol. The third-order valence-electron chi connectivity index (χ3n) is 2.94. The lowest BCUT2D eigenvalue weighted by Crippen LogP contribution is -2.15. The molecule has 1 heterocycles. The van der Waals surface area contributed by atoms with E-state index in [-0.39, 0.29) is 0 Å². The van der Waals surface area contributed by atoms with Crippen molar-refractivity contribution in [2.45, 2.75) is 37.8 Å². The Labute approximate surface area is 89.5 Å². The summed E-state index contributed by atoms with van der Waals surface area (Å²) >= 11 is 1.62. The molecule has 0 aliphatic heterocycles. The highest BCUT2D eigenvalue weighted by atomic mass is 32.2. The third kappa shape index (κ3) is 2.08. The largest absolute Gasteiger partial charge is 0.231 e. The molecule has 2 rings (SSSR count). The third-order valence-corrected chi connectivity index (χ3v) is 3.51. The Morgan fingerprint density at radius 2 is 2.29 bits per heavy atom. The predicted octanol–water partition coefficient (Wildman–Crippen LogP) is 2.85. The summed E-state index contributed by atoms with van der Waals surface area (Å²) in [6, 6.07) is 0. The van der Waals surface area contributed by atoms with Crippen molar-refractivity contribution in [3.63, 3.8) is 0 Å². The second-order valence-corrected chi connectivity index (χ2v) is 4.76. The normalized spacial score (nSPS) is 16.7. The second-order valence-electron chi connectivity index (χ2n) is 3.99. The Kier molecular flexibility index (Phi) is 3.06. The summed E-state index contributed by atoms with van der Waals surface area (Å²) in [4.78, 5) is 8.82. The quantitative estimate of drug-likeness (QED) is 0.564. The van der Waals surface area contributed by atoms with Gasteiger partial charge in [-0.15, -0.1) is 0 Å². The molecule has 0 spiro atoms. The van der Waals surface area contributed by atoms with Crippen molar-refractivity contribution in [1.82, 2.24) is 9.97 Å². The van der Waals surface area contributed by atoms with Gasteiger partial charge in [-0.3, -0.25) is 0 Å². The van der Waals surface area contributed by atoms with Gasteiger partial charge in [0.05, 0.1) is 0 Å². The number of rotatable bonds is 3. The van der Waals surface area contributed by atoms with E-state index in [4.69, 9.17) is 0 Å². The van der Waals surface area contributed by atoms with E-state index in [2.05, 4.69) is 16.9 Å². The summed E-state index contributed by atoms with van der Waals surface area (Å²) in [5.74, 6) is 0.887. The summed E-state index contributed by atoms with van der Waals surface area (Å²) in [5.41, 5.74) is 2.50. The van der Waals surface area contributed by atoms with Gasteiger partial charge in [0.15, 0.2) is 5.16 Å². The van der Waals surface area contributed by atoms with Gasteiger partial charge in [-0.2, -0.15) is 0 Å². The van der Waals surface area contributed by atoms with Gasteiger partial charge in [-0.25, -0.2) is 9.97 Å². The molecule has 1 saturated carbocycles. The first kappa shape index (κ1) is 9.97. The molecular formula is C11H16N2S. The molecule has 0 radical (unpaired) electrons. The van der Waals surface area contributed by atoms with Gasteiger partial charge in [0.2, 0.25) is 0 Å². The zero-order chi connectivity index (χ0) is 9.97. The fourth-order valence-electron chi connectivity index (χ4n) is 1.73. The maximum absolute atomic E-state index is 4.56. The Bertz CT molecular complexity index is 321. The van der Waals surface area contributed by atoms with Gasteiger partial charge >= 0.3 is 0 Å².